The van der Waals surface area contributed by atoms with Crippen LogP contribution in [0.4, 0.5) is 13.6 Å². The molecule has 1 amide bonds. The number of nitrogens with zero attached hydrogens (tertiary/aromatic N) is 1. The van der Waals surface area contributed by atoms with E-state index in [9.17, 15) is 13.6 Å². The van der Waals surface area contributed by atoms with Gasteiger partial charge in [-0.15, -0.1) is 0 Å². The summed E-state index contributed by atoms with van der Waals surface area (Å²) in [6.45, 7) is 5.56. The average Bonchev–Trinajstić information content (AvgIpc) is 3.23. The number of benzene rings is 2. The van der Waals surface area contributed by atoms with Gasteiger partial charge in [-0.1, -0.05) is 30.3 Å². The fourth-order valence-electron chi connectivity index (χ4n) is 4.52. The fraction of sp³-hybridized carbons (Fsp3) is 0.333. The summed E-state index contributed by atoms with van der Waals surface area (Å²) < 4.78 is 39.7. The molecular formula is C27H27F2N3O3. The number of alkyl carbamates (subject to hydrolysis) is 1. The van der Waals surface area contributed by atoms with Crippen LogP contribution in [0.1, 0.15) is 25.0 Å². The highest BCUT2D eigenvalue weighted by Crippen LogP contribution is 2.45. The number of amides is 1. The predicted octanol–water partition coefficient (Wildman–Crippen LogP) is 4.78. The third kappa shape index (κ3) is 5.12. The SMILES string of the molecule is CC(C)(NC(=O)OCc1ccccc1)c1cc(OC2[C@H]3CNC[C@@H]23)nc(-c2ccc(F)cc2F)c1. The molecule has 2 heterocycles. The zero-order valence-electron chi connectivity index (χ0n) is 19.6. The third-order valence-electron chi connectivity index (χ3n) is 6.63. The average molecular weight is 480 g/mol. The van der Waals surface area contributed by atoms with Crippen molar-refractivity contribution < 1.29 is 23.0 Å². The minimum atomic E-state index is -0.888. The molecule has 1 saturated heterocycles. The molecular weight excluding hydrogens is 452 g/mol. The first-order valence-electron chi connectivity index (χ1n) is 11.6. The standard InChI is InChI=1S/C27H27F2N3O3/c1-27(2,32-26(33)34-15-16-6-4-3-5-7-16)17-10-23(19-9-8-18(28)12-22(19)29)31-24(11-17)35-25-20-13-30-14-21(20)25/h3-12,20-21,25,30H,13-15H2,1-2H3,(H,32,33)/t20-,21+,25?. The number of hydrogen-bond acceptors (Lipinski definition) is 5. The smallest absolute Gasteiger partial charge is 0.408 e. The molecule has 8 heteroatoms. The summed E-state index contributed by atoms with van der Waals surface area (Å²) in [7, 11) is 0. The van der Waals surface area contributed by atoms with E-state index in [1.807, 2.05) is 44.2 Å². The Labute approximate surface area is 202 Å². The van der Waals surface area contributed by atoms with Crippen molar-refractivity contribution in [3.05, 3.63) is 83.4 Å². The van der Waals surface area contributed by atoms with Gasteiger partial charge in [0.1, 0.15) is 24.3 Å². The first-order chi connectivity index (χ1) is 16.8. The highest BCUT2D eigenvalue weighted by molar-refractivity contribution is 5.69. The molecule has 1 aromatic heterocycles. The number of halogens is 2. The normalized spacial score (nSPS) is 20.7. The molecule has 3 aromatic rings. The molecule has 35 heavy (non-hydrogen) atoms. The Hall–Kier alpha value is -3.52. The van der Waals surface area contributed by atoms with Gasteiger partial charge in [0.2, 0.25) is 5.88 Å². The Kier molecular flexibility index (Phi) is 6.15. The number of hydrogen-bond donors (Lipinski definition) is 2. The number of fused-ring (bicyclic) bond motifs is 1. The summed E-state index contributed by atoms with van der Waals surface area (Å²) in [5, 5.41) is 6.19. The van der Waals surface area contributed by atoms with E-state index in [1.54, 1.807) is 12.1 Å². The predicted molar refractivity (Wildman–Crippen MR) is 127 cm³/mol. The topological polar surface area (TPSA) is 72.5 Å². The van der Waals surface area contributed by atoms with E-state index < -0.39 is 23.3 Å². The van der Waals surface area contributed by atoms with Crippen molar-refractivity contribution in [2.45, 2.75) is 32.1 Å². The van der Waals surface area contributed by atoms with Gasteiger partial charge in [-0.25, -0.2) is 18.6 Å². The van der Waals surface area contributed by atoms with E-state index in [0.29, 0.717) is 29.0 Å². The van der Waals surface area contributed by atoms with Crippen LogP contribution >= 0.6 is 0 Å². The lowest BCUT2D eigenvalue weighted by Gasteiger charge is -2.27. The number of pyridine rings is 1. The lowest BCUT2D eigenvalue weighted by Crippen LogP contribution is -2.41. The summed E-state index contributed by atoms with van der Waals surface area (Å²) in [5.74, 6) is -0.175. The van der Waals surface area contributed by atoms with E-state index in [4.69, 9.17) is 9.47 Å². The van der Waals surface area contributed by atoms with Gasteiger partial charge in [-0.2, -0.15) is 0 Å². The van der Waals surface area contributed by atoms with Crippen molar-refractivity contribution in [2.75, 3.05) is 13.1 Å². The molecule has 0 radical (unpaired) electrons. The molecule has 182 valence electrons. The van der Waals surface area contributed by atoms with Crippen LogP contribution in [0.15, 0.2) is 60.7 Å². The molecule has 2 N–H and O–H groups in total. The van der Waals surface area contributed by atoms with Crippen LogP contribution in [0.5, 0.6) is 5.88 Å². The number of nitrogens with one attached hydrogen (secondary N) is 2. The van der Waals surface area contributed by atoms with Crippen LogP contribution in [0.2, 0.25) is 0 Å². The molecule has 1 aliphatic carbocycles. The van der Waals surface area contributed by atoms with Crippen molar-refractivity contribution >= 4 is 6.09 Å². The van der Waals surface area contributed by atoms with E-state index >= 15 is 0 Å². The van der Waals surface area contributed by atoms with Crippen LogP contribution in [0, 0.1) is 23.5 Å². The van der Waals surface area contributed by atoms with Gasteiger partial charge in [-0.3, -0.25) is 0 Å². The third-order valence-corrected chi connectivity index (χ3v) is 6.63. The van der Waals surface area contributed by atoms with Crippen molar-refractivity contribution in [3.8, 4) is 17.1 Å². The Bertz CT molecular complexity index is 1230. The number of piperidine rings is 1. The van der Waals surface area contributed by atoms with Gasteiger partial charge in [0.15, 0.2) is 0 Å². The number of aromatic nitrogens is 1. The van der Waals surface area contributed by atoms with E-state index in [1.165, 1.54) is 12.1 Å². The number of rotatable bonds is 7. The maximum Gasteiger partial charge on any atom is 0.408 e. The molecule has 5 rings (SSSR count). The minimum Gasteiger partial charge on any atom is -0.474 e. The van der Waals surface area contributed by atoms with Gasteiger partial charge >= 0.3 is 6.09 Å². The summed E-state index contributed by atoms with van der Waals surface area (Å²) in [5.41, 5.74) is 1.09. The van der Waals surface area contributed by atoms with Crippen molar-refractivity contribution in [1.29, 1.82) is 0 Å². The molecule has 1 saturated carbocycles. The molecule has 6 nitrogen and oxygen atoms in total. The van der Waals surface area contributed by atoms with Gasteiger partial charge in [0.25, 0.3) is 0 Å². The largest absolute Gasteiger partial charge is 0.474 e. The molecule has 1 aliphatic heterocycles. The number of carbonyl (C=O) groups excluding carboxylic acids is 1. The van der Waals surface area contributed by atoms with E-state index in [2.05, 4.69) is 15.6 Å². The molecule has 0 bridgehead atoms. The summed E-state index contributed by atoms with van der Waals surface area (Å²) in [6.07, 6.45) is -0.535. The highest BCUT2D eigenvalue weighted by atomic mass is 19.1. The molecule has 0 spiro atoms. The van der Waals surface area contributed by atoms with Crippen LogP contribution < -0.4 is 15.4 Å². The maximum atomic E-state index is 14.6. The lowest BCUT2D eigenvalue weighted by atomic mass is 9.93. The second-order valence-electron chi connectivity index (χ2n) is 9.58. The first-order valence-corrected chi connectivity index (χ1v) is 11.6. The Morgan fingerprint density at radius 3 is 2.54 bits per heavy atom. The van der Waals surface area contributed by atoms with E-state index in [0.717, 1.165) is 24.7 Å². The van der Waals surface area contributed by atoms with E-state index in [-0.39, 0.29) is 18.3 Å². The molecule has 2 fully saturated rings. The highest BCUT2D eigenvalue weighted by Gasteiger charge is 2.55. The second kappa shape index (κ2) is 9.26. The minimum absolute atomic E-state index is 0.0526. The number of ether oxygens (including phenoxy) is 2. The van der Waals surface area contributed by atoms with Crippen molar-refractivity contribution in [1.82, 2.24) is 15.6 Å². The molecule has 2 aromatic carbocycles. The van der Waals surface area contributed by atoms with Crippen molar-refractivity contribution in [3.63, 3.8) is 0 Å². The first kappa shape index (κ1) is 23.2. The summed E-state index contributed by atoms with van der Waals surface area (Å²) >= 11 is 0. The van der Waals surface area contributed by atoms with Crippen LogP contribution in [-0.2, 0) is 16.9 Å². The Morgan fingerprint density at radius 1 is 1.09 bits per heavy atom. The molecule has 2 aliphatic rings. The zero-order valence-corrected chi connectivity index (χ0v) is 19.6. The van der Waals surface area contributed by atoms with Crippen LogP contribution in [-0.4, -0.2) is 30.3 Å². The monoisotopic (exact) mass is 479 g/mol. The van der Waals surface area contributed by atoms with Gasteiger partial charge in [0, 0.05) is 42.6 Å². The van der Waals surface area contributed by atoms with Gasteiger partial charge in [-0.05, 0) is 43.2 Å². The van der Waals surface area contributed by atoms with Gasteiger partial charge < -0.3 is 20.1 Å². The summed E-state index contributed by atoms with van der Waals surface area (Å²) in [6, 6.07) is 16.2. The van der Waals surface area contributed by atoms with Crippen molar-refractivity contribution in [2.24, 2.45) is 11.8 Å². The number of carbonyl (C=O) groups is 1. The van der Waals surface area contributed by atoms with Crippen LogP contribution in [0.25, 0.3) is 11.3 Å². The molecule has 1 unspecified atom stereocenters. The summed E-state index contributed by atoms with van der Waals surface area (Å²) in [4.78, 5) is 17.1. The second-order valence-corrected chi connectivity index (χ2v) is 9.58. The Morgan fingerprint density at radius 2 is 1.83 bits per heavy atom. The quantitative estimate of drug-likeness (QED) is 0.510. The zero-order chi connectivity index (χ0) is 24.6. The maximum absolute atomic E-state index is 14.6. The fourth-order valence-corrected chi connectivity index (χ4v) is 4.52. The molecule has 3 atom stereocenters. The Balaban J connectivity index is 1.39. The van der Waals surface area contributed by atoms with Gasteiger partial charge in [0.05, 0.1) is 11.2 Å². The lowest BCUT2D eigenvalue weighted by molar-refractivity contribution is 0.129. The van der Waals surface area contributed by atoms with Crippen LogP contribution in [0.3, 0.4) is 0 Å².